The molecule has 2 aromatic rings. The topological polar surface area (TPSA) is 56.5 Å². The summed E-state index contributed by atoms with van der Waals surface area (Å²) in [6.45, 7) is 0.791. The molecule has 4 atom stereocenters. The van der Waals surface area contributed by atoms with Gasteiger partial charge in [-0.2, -0.15) is 0 Å². The summed E-state index contributed by atoms with van der Waals surface area (Å²) in [5, 5.41) is 10.9. The van der Waals surface area contributed by atoms with E-state index in [0.29, 0.717) is 23.3 Å². The highest BCUT2D eigenvalue weighted by molar-refractivity contribution is 6.42. The summed E-state index contributed by atoms with van der Waals surface area (Å²) in [4.78, 5) is 4.42. The lowest BCUT2D eigenvalue weighted by Crippen LogP contribution is -2.30. The SMILES string of the molecule is O[C@@H]1CO[C@H]2[C@@H]1OC[C@H]2n1ccnc1-c1ccc(Cl)c(Cl)c1. The quantitative estimate of drug-likeness (QED) is 0.912. The van der Waals surface area contributed by atoms with Gasteiger partial charge in [0.05, 0.1) is 29.3 Å². The van der Waals surface area contributed by atoms with Crippen molar-refractivity contribution < 1.29 is 14.6 Å². The smallest absolute Gasteiger partial charge is 0.140 e. The monoisotopic (exact) mass is 340 g/mol. The van der Waals surface area contributed by atoms with Gasteiger partial charge in [-0.15, -0.1) is 0 Å². The van der Waals surface area contributed by atoms with E-state index in [1.807, 2.05) is 16.8 Å². The van der Waals surface area contributed by atoms with Crippen LogP contribution < -0.4 is 0 Å². The first-order chi connectivity index (χ1) is 10.6. The second kappa shape index (κ2) is 5.51. The molecular formula is C15H14Cl2N2O3. The number of nitrogens with zero attached hydrogens (tertiary/aromatic N) is 2. The van der Waals surface area contributed by atoms with Crippen molar-refractivity contribution in [1.29, 1.82) is 0 Å². The highest BCUT2D eigenvalue weighted by atomic mass is 35.5. The van der Waals surface area contributed by atoms with E-state index in [1.54, 1.807) is 18.3 Å². The number of benzene rings is 1. The molecular weight excluding hydrogens is 327 g/mol. The molecule has 0 saturated carbocycles. The first-order valence-electron chi connectivity index (χ1n) is 7.04. The predicted octanol–water partition coefficient (Wildman–Crippen LogP) is 2.56. The molecule has 2 saturated heterocycles. The van der Waals surface area contributed by atoms with Gasteiger partial charge in [0, 0.05) is 18.0 Å². The number of aliphatic hydroxyl groups excluding tert-OH is 1. The Morgan fingerprint density at radius 3 is 2.77 bits per heavy atom. The Balaban J connectivity index is 1.70. The Morgan fingerprint density at radius 2 is 1.95 bits per heavy atom. The number of imidazole rings is 1. The van der Waals surface area contributed by atoms with Crippen LogP contribution in [0.1, 0.15) is 6.04 Å². The fourth-order valence-electron chi connectivity index (χ4n) is 3.14. The third kappa shape index (κ3) is 2.25. The number of ether oxygens (including phenoxy) is 2. The normalized spacial score (nSPS) is 30.7. The molecule has 22 heavy (non-hydrogen) atoms. The highest BCUT2D eigenvalue weighted by Gasteiger charge is 2.48. The molecule has 2 fully saturated rings. The van der Waals surface area contributed by atoms with Crippen LogP contribution in [0.15, 0.2) is 30.6 Å². The van der Waals surface area contributed by atoms with Gasteiger partial charge in [-0.3, -0.25) is 0 Å². The molecule has 3 heterocycles. The zero-order valence-corrected chi connectivity index (χ0v) is 13.0. The molecule has 0 amide bonds. The van der Waals surface area contributed by atoms with Gasteiger partial charge in [-0.1, -0.05) is 23.2 Å². The molecule has 1 aromatic carbocycles. The number of hydrogen-bond donors (Lipinski definition) is 1. The number of fused-ring (bicyclic) bond motifs is 1. The fourth-order valence-corrected chi connectivity index (χ4v) is 3.43. The van der Waals surface area contributed by atoms with Crippen molar-refractivity contribution in [2.45, 2.75) is 24.4 Å². The van der Waals surface area contributed by atoms with Gasteiger partial charge < -0.3 is 19.1 Å². The molecule has 0 unspecified atom stereocenters. The molecule has 7 heteroatoms. The van der Waals surface area contributed by atoms with Crippen LogP contribution >= 0.6 is 23.2 Å². The second-order valence-corrected chi connectivity index (χ2v) is 6.33. The third-order valence-electron chi connectivity index (χ3n) is 4.20. The van der Waals surface area contributed by atoms with Gasteiger partial charge >= 0.3 is 0 Å². The van der Waals surface area contributed by atoms with E-state index in [-0.39, 0.29) is 18.2 Å². The summed E-state index contributed by atoms with van der Waals surface area (Å²) in [5.74, 6) is 0.776. The van der Waals surface area contributed by atoms with Gasteiger partial charge in [-0.05, 0) is 18.2 Å². The van der Waals surface area contributed by atoms with Gasteiger partial charge in [0.15, 0.2) is 0 Å². The van der Waals surface area contributed by atoms with Crippen LogP contribution in [-0.2, 0) is 9.47 Å². The highest BCUT2D eigenvalue weighted by Crippen LogP contribution is 2.37. The van der Waals surface area contributed by atoms with Crippen LogP contribution in [0, 0.1) is 0 Å². The Morgan fingerprint density at radius 1 is 1.14 bits per heavy atom. The molecule has 0 spiro atoms. The zero-order valence-electron chi connectivity index (χ0n) is 11.5. The molecule has 4 rings (SSSR count). The van der Waals surface area contributed by atoms with Crippen molar-refractivity contribution in [3.63, 3.8) is 0 Å². The molecule has 0 bridgehead atoms. The van der Waals surface area contributed by atoms with Crippen molar-refractivity contribution in [2.24, 2.45) is 0 Å². The van der Waals surface area contributed by atoms with Crippen molar-refractivity contribution >= 4 is 23.2 Å². The maximum atomic E-state index is 9.86. The molecule has 0 radical (unpaired) electrons. The van der Waals surface area contributed by atoms with Crippen molar-refractivity contribution in [1.82, 2.24) is 9.55 Å². The van der Waals surface area contributed by atoms with Gasteiger partial charge in [0.2, 0.25) is 0 Å². The third-order valence-corrected chi connectivity index (χ3v) is 4.94. The average Bonchev–Trinajstić information content (AvgIpc) is 3.19. The Labute approximate surface area is 137 Å². The number of aromatic nitrogens is 2. The summed E-state index contributed by atoms with van der Waals surface area (Å²) < 4.78 is 13.4. The Kier molecular flexibility index (Phi) is 3.63. The zero-order chi connectivity index (χ0) is 15.3. The first-order valence-corrected chi connectivity index (χ1v) is 7.80. The maximum Gasteiger partial charge on any atom is 0.140 e. The molecule has 0 aliphatic carbocycles. The van der Waals surface area contributed by atoms with E-state index >= 15 is 0 Å². The lowest BCUT2D eigenvalue weighted by molar-refractivity contribution is 0.0172. The van der Waals surface area contributed by atoms with Crippen LogP contribution in [-0.4, -0.2) is 46.2 Å². The maximum absolute atomic E-state index is 9.86. The van der Waals surface area contributed by atoms with Crippen LogP contribution in [0.4, 0.5) is 0 Å². The summed E-state index contributed by atoms with van der Waals surface area (Å²) >= 11 is 12.1. The summed E-state index contributed by atoms with van der Waals surface area (Å²) in [7, 11) is 0. The van der Waals surface area contributed by atoms with Crippen LogP contribution in [0.25, 0.3) is 11.4 Å². The summed E-state index contributed by atoms with van der Waals surface area (Å²) in [6, 6.07) is 5.40. The van der Waals surface area contributed by atoms with Gasteiger partial charge in [-0.25, -0.2) is 4.98 Å². The van der Waals surface area contributed by atoms with Crippen LogP contribution in [0.3, 0.4) is 0 Å². The lowest BCUT2D eigenvalue weighted by Gasteiger charge is -2.19. The minimum Gasteiger partial charge on any atom is -0.388 e. The Bertz CT molecular complexity index is 706. The lowest BCUT2D eigenvalue weighted by atomic mass is 10.1. The number of aliphatic hydroxyl groups is 1. The van der Waals surface area contributed by atoms with Crippen molar-refractivity contribution in [3.8, 4) is 11.4 Å². The molecule has 1 N–H and O–H groups in total. The number of hydrogen-bond acceptors (Lipinski definition) is 4. The number of halogens is 2. The molecule has 2 aliphatic rings. The van der Waals surface area contributed by atoms with E-state index in [1.165, 1.54) is 0 Å². The fraction of sp³-hybridized carbons (Fsp3) is 0.400. The van der Waals surface area contributed by atoms with Gasteiger partial charge in [0.25, 0.3) is 0 Å². The first kappa shape index (κ1) is 14.5. The second-order valence-electron chi connectivity index (χ2n) is 5.52. The number of rotatable bonds is 2. The van der Waals surface area contributed by atoms with Crippen molar-refractivity contribution in [3.05, 3.63) is 40.6 Å². The minimum atomic E-state index is -0.563. The van der Waals surface area contributed by atoms with E-state index < -0.39 is 6.10 Å². The van der Waals surface area contributed by atoms with E-state index in [4.69, 9.17) is 32.7 Å². The Hall–Kier alpha value is -1.11. The summed E-state index contributed by atoms with van der Waals surface area (Å²) in [5.41, 5.74) is 0.876. The molecule has 116 valence electrons. The molecule has 1 aromatic heterocycles. The van der Waals surface area contributed by atoms with Gasteiger partial charge in [0.1, 0.15) is 24.1 Å². The summed E-state index contributed by atoms with van der Waals surface area (Å²) in [6.07, 6.45) is 2.63. The molecule has 5 nitrogen and oxygen atoms in total. The average molecular weight is 341 g/mol. The minimum absolute atomic E-state index is 0.0193. The van der Waals surface area contributed by atoms with Crippen LogP contribution in [0.2, 0.25) is 10.0 Å². The molecule has 2 aliphatic heterocycles. The van der Waals surface area contributed by atoms with E-state index in [9.17, 15) is 5.11 Å². The van der Waals surface area contributed by atoms with Crippen molar-refractivity contribution in [2.75, 3.05) is 13.2 Å². The predicted molar refractivity (Wildman–Crippen MR) is 82.2 cm³/mol. The standard InChI is InChI=1S/C15H14Cl2N2O3/c16-9-2-1-8(5-10(9)17)15-18-3-4-19(15)11-6-21-14-12(20)7-22-13(11)14/h1-5,11-14,20H,6-7H2/t11-,12-,13-,14-/m1/s1. The largest absolute Gasteiger partial charge is 0.388 e. The van der Waals surface area contributed by atoms with E-state index in [2.05, 4.69) is 4.98 Å². The van der Waals surface area contributed by atoms with E-state index in [0.717, 1.165) is 11.4 Å². The van der Waals surface area contributed by atoms with Crippen LogP contribution in [0.5, 0.6) is 0 Å².